The van der Waals surface area contributed by atoms with Crippen molar-refractivity contribution in [2.24, 2.45) is 0 Å². The third-order valence-electron chi connectivity index (χ3n) is 4.39. The zero-order valence-corrected chi connectivity index (χ0v) is 12.9. The Hall–Kier alpha value is -0.840. The number of hydrogen-bond acceptors (Lipinski definition) is 4. The van der Waals surface area contributed by atoms with Crippen LogP contribution in [-0.2, 0) is 17.8 Å². The van der Waals surface area contributed by atoms with Gasteiger partial charge in [-0.15, -0.1) is 0 Å². The first-order valence-electron chi connectivity index (χ1n) is 7.69. The second-order valence-electron chi connectivity index (χ2n) is 6.74. The van der Waals surface area contributed by atoms with Crippen LogP contribution in [0.4, 0.5) is 0 Å². The summed E-state index contributed by atoms with van der Waals surface area (Å²) >= 11 is 0. The van der Waals surface area contributed by atoms with Crippen LogP contribution in [-0.4, -0.2) is 36.2 Å². The lowest BCUT2D eigenvalue weighted by Gasteiger charge is -2.42. The average Bonchev–Trinajstić information content (AvgIpc) is 3.15. The van der Waals surface area contributed by atoms with Gasteiger partial charge in [-0.05, 0) is 39.7 Å². The molecule has 3 rings (SSSR count). The van der Waals surface area contributed by atoms with Crippen molar-refractivity contribution < 1.29 is 9.15 Å². The molecule has 4 heteroatoms. The Kier molecular flexibility index (Phi) is 3.89. The maximum absolute atomic E-state index is 5.88. The summed E-state index contributed by atoms with van der Waals surface area (Å²) in [5.41, 5.74) is 1.42. The molecule has 1 N–H and O–H groups in total. The summed E-state index contributed by atoms with van der Waals surface area (Å²) in [7, 11) is 0. The smallest absolute Gasteiger partial charge is 0.118 e. The highest BCUT2D eigenvalue weighted by Gasteiger charge is 2.31. The molecule has 2 aliphatic rings. The summed E-state index contributed by atoms with van der Waals surface area (Å²) in [5.74, 6) is 2.12. The predicted molar refractivity (Wildman–Crippen MR) is 78.6 cm³/mol. The van der Waals surface area contributed by atoms with E-state index in [0.29, 0.717) is 0 Å². The van der Waals surface area contributed by atoms with E-state index >= 15 is 0 Å². The fraction of sp³-hybridized carbons (Fsp3) is 0.750. The molecule has 0 unspecified atom stereocenters. The molecule has 0 amide bonds. The van der Waals surface area contributed by atoms with E-state index in [9.17, 15) is 0 Å². The van der Waals surface area contributed by atoms with Gasteiger partial charge in [-0.25, -0.2) is 0 Å². The molecule has 20 heavy (non-hydrogen) atoms. The van der Waals surface area contributed by atoms with Gasteiger partial charge < -0.3 is 14.5 Å². The highest BCUT2D eigenvalue weighted by Crippen LogP contribution is 2.25. The minimum Gasteiger partial charge on any atom is -0.465 e. The van der Waals surface area contributed by atoms with Gasteiger partial charge >= 0.3 is 0 Å². The molecule has 2 heterocycles. The number of morpholine rings is 1. The maximum Gasteiger partial charge on any atom is 0.118 e. The molecule has 1 saturated heterocycles. The van der Waals surface area contributed by atoms with Crippen LogP contribution < -0.4 is 5.32 Å². The van der Waals surface area contributed by atoms with Crippen molar-refractivity contribution in [3.8, 4) is 0 Å². The van der Waals surface area contributed by atoms with E-state index in [-0.39, 0.29) is 5.54 Å². The van der Waals surface area contributed by atoms with Crippen molar-refractivity contribution in [3.63, 3.8) is 0 Å². The molecule has 1 aromatic rings. The van der Waals surface area contributed by atoms with Gasteiger partial charge in [-0.2, -0.15) is 0 Å². The van der Waals surface area contributed by atoms with E-state index in [2.05, 4.69) is 37.1 Å². The third kappa shape index (κ3) is 3.25. The lowest BCUT2D eigenvalue weighted by molar-refractivity contribution is -0.0554. The van der Waals surface area contributed by atoms with Gasteiger partial charge in [0.25, 0.3) is 0 Å². The van der Waals surface area contributed by atoms with Gasteiger partial charge in [0.1, 0.15) is 11.5 Å². The molecule has 112 valence electrons. The van der Waals surface area contributed by atoms with Crippen LogP contribution in [0.25, 0.3) is 0 Å². The number of aryl methyl sites for hydroxylation is 1. The number of rotatable bonds is 5. The minimum absolute atomic E-state index is 0.106. The zero-order valence-electron chi connectivity index (χ0n) is 12.9. The Morgan fingerprint density at radius 3 is 2.90 bits per heavy atom. The summed E-state index contributed by atoms with van der Waals surface area (Å²) in [4.78, 5) is 2.49. The Balaban J connectivity index is 1.63. The van der Waals surface area contributed by atoms with E-state index in [1.54, 1.807) is 0 Å². The van der Waals surface area contributed by atoms with Crippen LogP contribution in [0, 0.1) is 6.92 Å². The van der Waals surface area contributed by atoms with Gasteiger partial charge in [-0.1, -0.05) is 0 Å². The molecule has 0 atom stereocenters. The SMILES string of the molecule is Cc1oc(CNC2CC2)cc1CN1CCOCC1(C)C. The predicted octanol–water partition coefficient (Wildman–Crippen LogP) is 2.45. The van der Waals surface area contributed by atoms with E-state index in [0.717, 1.165) is 50.4 Å². The van der Waals surface area contributed by atoms with Crippen molar-refractivity contribution in [1.82, 2.24) is 10.2 Å². The Morgan fingerprint density at radius 1 is 1.40 bits per heavy atom. The van der Waals surface area contributed by atoms with Crippen LogP contribution >= 0.6 is 0 Å². The highest BCUT2D eigenvalue weighted by molar-refractivity contribution is 5.21. The van der Waals surface area contributed by atoms with Crippen molar-refractivity contribution in [1.29, 1.82) is 0 Å². The Labute approximate surface area is 121 Å². The standard InChI is InChI=1S/C16H26N2O2/c1-12-13(8-15(20-12)9-17-14-4-5-14)10-18-6-7-19-11-16(18,2)3/h8,14,17H,4-7,9-11H2,1-3H3. The van der Waals surface area contributed by atoms with E-state index < -0.39 is 0 Å². The summed E-state index contributed by atoms with van der Waals surface area (Å²) in [6.07, 6.45) is 2.63. The van der Waals surface area contributed by atoms with Gasteiger partial charge in [-0.3, -0.25) is 4.90 Å². The average molecular weight is 278 g/mol. The van der Waals surface area contributed by atoms with Crippen molar-refractivity contribution in [2.75, 3.05) is 19.8 Å². The fourth-order valence-corrected chi connectivity index (χ4v) is 2.75. The van der Waals surface area contributed by atoms with Crippen LogP contribution in [0.2, 0.25) is 0 Å². The van der Waals surface area contributed by atoms with Crippen LogP contribution in [0.15, 0.2) is 10.5 Å². The topological polar surface area (TPSA) is 37.6 Å². The molecule has 1 aliphatic heterocycles. The molecular formula is C16H26N2O2. The molecule has 0 aromatic carbocycles. The molecule has 0 bridgehead atoms. The minimum atomic E-state index is 0.106. The highest BCUT2D eigenvalue weighted by atomic mass is 16.5. The maximum atomic E-state index is 5.88. The number of hydrogen-bond donors (Lipinski definition) is 1. The van der Waals surface area contributed by atoms with Crippen LogP contribution in [0.5, 0.6) is 0 Å². The first-order valence-corrected chi connectivity index (χ1v) is 7.69. The number of nitrogens with zero attached hydrogens (tertiary/aromatic N) is 1. The van der Waals surface area contributed by atoms with Crippen molar-refractivity contribution in [3.05, 3.63) is 23.2 Å². The molecule has 2 fully saturated rings. The van der Waals surface area contributed by atoms with Gasteiger partial charge in [0, 0.05) is 30.2 Å². The molecule has 1 aromatic heterocycles. The molecule has 1 aliphatic carbocycles. The first kappa shape index (κ1) is 14.1. The zero-order chi connectivity index (χ0) is 14.2. The van der Waals surface area contributed by atoms with Gasteiger partial charge in [0.05, 0.1) is 19.8 Å². The lowest BCUT2D eigenvalue weighted by Crippen LogP contribution is -2.52. The summed E-state index contributed by atoms with van der Waals surface area (Å²) in [6, 6.07) is 2.94. The first-order chi connectivity index (χ1) is 9.54. The number of nitrogens with one attached hydrogen (secondary N) is 1. The number of furan rings is 1. The van der Waals surface area contributed by atoms with Crippen molar-refractivity contribution >= 4 is 0 Å². The molecule has 1 saturated carbocycles. The normalized spacial score (nSPS) is 23.1. The van der Waals surface area contributed by atoms with Crippen LogP contribution in [0.3, 0.4) is 0 Å². The summed E-state index contributed by atoms with van der Waals surface area (Å²) < 4.78 is 11.5. The van der Waals surface area contributed by atoms with Gasteiger partial charge in [0.15, 0.2) is 0 Å². The second-order valence-corrected chi connectivity index (χ2v) is 6.74. The van der Waals surface area contributed by atoms with E-state index in [4.69, 9.17) is 9.15 Å². The third-order valence-corrected chi connectivity index (χ3v) is 4.39. The molecule has 4 nitrogen and oxygen atoms in total. The summed E-state index contributed by atoms with van der Waals surface area (Å²) in [5, 5.41) is 3.51. The largest absolute Gasteiger partial charge is 0.465 e. The summed E-state index contributed by atoms with van der Waals surface area (Å²) in [6.45, 7) is 11.0. The second kappa shape index (κ2) is 5.51. The molecular weight excluding hydrogens is 252 g/mol. The Morgan fingerprint density at radius 2 is 2.20 bits per heavy atom. The quantitative estimate of drug-likeness (QED) is 0.898. The Bertz CT molecular complexity index is 463. The lowest BCUT2D eigenvalue weighted by atomic mass is 10.0. The van der Waals surface area contributed by atoms with Crippen LogP contribution in [0.1, 0.15) is 43.8 Å². The molecule has 0 radical (unpaired) electrons. The van der Waals surface area contributed by atoms with E-state index in [1.807, 2.05) is 0 Å². The van der Waals surface area contributed by atoms with Gasteiger partial charge in [0.2, 0.25) is 0 Å². The fourth-order valence-electron chi connectivity index (χ4n) is 2.75. The van der Waals surface area contributed by atoms with Crippen molar-refractivity contribution in [2.45, 2.75) is 58.3 Å². The van der Waals surface area contributed by atoms with E-state index in [1.165, 1.54) is 18.4 Å². The molecule has 0 spiro atoms. The monoisotopic (exact) mass is 278 g/mol. The number of ether oxygens (including phenoxy) is 1.